The normalized spacial score (nSPS) is 17.6. The minimum atomic E-state index is 0.111. The van der Waals surface area contributed by atoms with E-state index in [4.69, 9.17) is 4.74 Å². The highest BCUT2D eigenvalue weighted by Gasteiger charge is 2.18. The molecule has 0 N–H and O–H groups in total. The van der Waals surface area contributed by atoms with E-state index in [0.29, 0.717) is 0 Å². The first-order chi connectivity index (χ1) is 13.8. The molecule has 1 fully saturated rings. The van der Waals surface area contributed by atoms with Gasteiger partial charge in [0.05, 0.1) is 0 Å². The number of piperidine rings is 1. The topological polar surface area (TPSA) is 32.8 Å². The number of rotatable bonds is 5. The van der Waals surface area contributed by atoms with E-state index in [1.54, 1.807) is 0 Å². The SMILES string of the molecule is O=C(COc1ccccc1CN1CCc2ccccc2CC1)N1CCCCC1. The summed E-state index contributed by atoms with van der Waals surface area (Å²) in [6.45, 7) is 4.86. The predicted octanol–water partition coefficient (Wildman–Crippen LogP) is 3.68. The molecule has 0 unspecified atom stereocenters. The third-order valence-electron chi connectivity index (χ3n) is 5.94. The first-order valence-electron chi connectivity index (χ1n) is 10.6. The van der Waals surface area contributed by atoms with E-state index in [1.165, 1.54) is 23.1 Å². The van der Waals surface area contributed by atoms with Gasteiger partial charge < -0.3 is 9.64 Å². The number of likely N-dealkylation sites (tertiary alicyclic amines) is 1. The van der Waals surface area contributed by atoms with Crippen LogP contribution in [0.2, 0.25) is 0 Å². The summed E-state index contributed by atoms with van der Waals surface area (Å²) in [6.07, 6.45) is 5.63. The molecule has 0 aromatic heterocycles. The molecule has 4 nitrogen and oxygen atoms in total. The zero-order valence-electron chi connectivity index (χ0n) is 16.6. The maximum atomic E-state index is 12.4. The lowest BCUT2D eigenvalue weighted by molar-refractivity contribution is -0.134. The van der Waals surface area contributed by atoms with Crippen molar-refractivity contribution in [1.82, 2.24) is 9.80 Å². The molecule has 2 aliphatic rings. The summed E-state index contributed by atoms with van der Waals surface area (Å²) >= 11 is 0. The second-order valence-corrected chi connectivity index (χ2v) is 7.88. The fourth-order valence-corrected chi connectivity index (χ4v) is 4.26. The second-order valence-electron chi connectivity index (χ2n) is 7.88. The van der Waals surface area contributed by atoms with Gasteiger partial charge in [-0.15, -0.1) is 0 Å². The number of para-hydroxylation sites is 1. The maximum absolute atomic E-state index is 12.4. The number of hydrogen-bond donors (Lipinski definition) is 0. The smallest absolute Gasteiger partial charge is 0.260 e. The van der Waals surface area contributed by atoms with Crippen molar-refractivity contribution >= 4 is 5.91 Å². The number of ether oxygens (including phenoxy) is 1. The molecular formula is C24H30N2O2. The van der Waals surface area contributed by atoms with Gasteiger partial charge in [0.2, 0.25) is 0 Å². The van der Waals surface area contributed by atoms with Crippen LogP contribution in [0.3, 0.4) is 0 Å². The van der Waals surface area contributed by atoms with Crippen molar-refractivity contribution in [2.24, 2.45) is 0 Å². The van der Waals surface area contributed by atoms with Crippen LogP contribution >= 0.6 is 0 Å². The molecule has 2 aromatic carbocycles. The number of carbonyl (C=O) groups is 1. The number of carbonyl (C=O) groups excluding carboxylic acids is 1. The second kappa shape index (κ2) is 9.24. The molecule has 2 aromatic rings. The fraction of sp³-hybridized carbons (Fsp3) is 0.458. The molecule has 1 saturated heterocycles. The summed E-state index contributed by atoms with van der Waals surface area (Å²) < 4.78 is 5.97. The van der Waals surface area contributed by atoms with Crippen molar-refractivity contribution in [2.75, 3.05) is 32.8 Å². The molecule has 148 valence electrons. The van der Waals surface area contributed by atoms with Crippen LogP contribution in [-0.4, -0.2) is 48.5 Å². The largest absolute Gasteiger partial charge is 0.483 e. The van der Waals surface area contributed by atoms with E-state index in [-0.39, 0.29) is 12.5 Å². The Morgan fingerprint density at radius 2 is 1.46 bits per heavy atom. The summed E-state index contributed by atoms with van der Waals surface area (Å²) in [4.78, 5) is 16.9. The number of benzene rings is 2. The quantitative estimate of drug-likeness (QED) is 0.796. The van der Waals surface area contributed by atoms with Gasteiger partial charge in [0.15, 0.2) is 6.61 Å². The average Bonchev–Trinajstić information content (AvgIpc) is 2.96. The molecule has 0 saturated carbocycles. The zero-order chi connectivity index (χ0) is 19.2. The number of nitrogens with zero attached hydrogens (tertiary/aromatic N) is 2. The van der Waals surface area contributed by atoms with Crippen LogP contribution in [-0.2, 0) is 24.2 Å². The molecule has 2 aliphatic heterocycles. The number of hydrogen-bond acceptors (Lipinski definition) is 3. The van der Waals surface area contributed by atoms with Gasteiger partial charge in [-0.05, 0) is 49.3 Å². The van der Waals surface area contributed by atoms with Crippen LogP contribution in [0, 0.1) is 0 Å². The summed E-state index contributed by atoms with van der Waals surface area (Å²) in [5, 5.41) is 0. The van der Waals surface area contributed by atoms with E-state index < -0.39 is 0 Å². The average molecular weight is 379 g/mol. The molecule has 0 spiro atoms. The van der Waals surface area contributed by atoms with Crippen LogP contribution < -0.4 is 4.74 Å². The highest BCUT2D eigenvalue weighted by atomic mass is 16.5. The van der Waals surface area contributed by atoms with E-state index in [2.05, 4.69) is 41.3 Å². The summed E-state index contributed by atoms with van der Waals surface area (Å²) in [5.41, 5.74) is 4.11. The predicted molar refractivity (Wildman–Crippen MR) is 111 cm³/mol. The van der Waals surface area contributed by atoms with Gasteiger partial charge in [0.1, 0.15) is 5.75 Å². The third kappa shape index (κ3) is 4.74. The van der Waals surface area contributed by atoms with Crippen LogP contribution in [0.5, 0.6) is 5.75 Å². The van der Waals surface area contributed by atoms with Crippen LogP contribution in [0.4, 0.5) is 0 Å². The third-order valence-corrected chi connectivity index (χ3v) is 5.94. The van der Waals surface area contributed by atoms with Crippen molar-refractivity contribution in [3.05, 3.63) is 65.2 Å². The van der Waals surface area contributed by atoms with Gasteiger partial charge in [-0.1, -0.05) is 42.5 Å². The molecule has 0 bridgehead atoms. The minimum absolute atomic E-state index is 0.111. The van der Waals surface area contributed by atoms with Crippen molar-refractivity contribution in [3.63, 3.8) is 0 Å². The van der Waals surface area contributed by atoms with E-state index in [0.717, 1.165) is 64.2 Å². The Hall–Kier alpha value is -2.33. The van der Waals surface area contributed by atoms with Crippen molar-refractivity contribution in [1.29, 1.82) is 0 Å². The Morgan fingerprint density at radius 3 is 2.18 bits per heavy atom. The van der Waals surface area contributed by atoms with Gasteiger partial charge in [0.25, 0.3) is 5.91 Å². The van der Waals surface area contributed by atoms with Gasteiger partial charge >= 0.3 is 0 Å². The molecule has 0 radical (unpaired) electrons. The van der Waals surface area contributed by atoms with Gasteiger partial charge in [-0.2, -0.15) is 0 Å². The minimum Gasteiger partial charge on any atom is -0.483 e. The summed E-state index contributed by atoms with van der Waals surface area (Å²) in [7, 11) is 0. The van der Waals surface area contributed by atoms with Crippen LogP contribution in [0.25, 0.3) is 0 Å². The molecule has 28 heavy (non-hydrogen) atoms. The summed E-state index contributed by atoms with van der Waals surface area (Å²) in [5.74, 6) is 0.953. The lowest BCUT2D eigenvalue weighted by Crippen LogP contribution is -2.38. The molecule has 0 aliphatic carbocycles. The molecule has 1 amide bonds. The Balaban J connectivity index is 1.36. The zero-order valence-corrected chi connectivity index (χ0v) is 16.6. The lowest BCUT2D eigenvalue weighted by atomic mass is 10.0. The van der Waals surface area contributed by atoms with Gasteiger partial charge in [0, 0.05) is 38.3 Å². The Morgan fingerprint density at radius 1 is 0.821 bits per heavy atom. The first-order valence-corrected chi connectivity index (χ1v) is 10.6. The summed E-state index contributed by atoms with van der Waals surface area (Å²) in [6, 6.07) is 16.9. The molecule has 2 heterocycles. The Labute approximate surface area is 168 Å². The number of fused-ring (bicyclic) bond motifs is 1. The van der Waals surface area contributed by atoms with Crippen molar-refractivity contribution < 1.29 is 9.53 Å². The van der Waals surface area contributed by atoms with Gasteiger partial charge in [-0.3, -0.25) is 9.69 Å². The van der Waals surface area contributed by atoms with E-state index in [9.17, 15) is 4.79 Å². The lowest BCUT2D eigenvalue weighted by Gasteiger charge is -2.27. The molecular weight excluding hydrogens is 348 g/mol. The van der Waals surface area contributed by atoms with Crippen molar-refractivity contribution in [2.45, 2.75) is 38.6 Å². The highest BCUT2D eigenvalue weighted by Crippen LogP contribution is 2.23. The maximum Gasteiger partial charge on any atom is 0.260 e. The Bertz CT molecular complexity index is 772. The number of amides is 1. The van der Waals surface area contributed by atoms with Gasteiger partial charge in [-0.25, -0.2) is 0 Å². The van der Waals surface area contributed by atoms with E-state index >= 15 is 0 Å². The molecule has 0 atom stereocenters. The van der Waals surface area contributed by atoms with E-state index in [1.807, 2.05) is 17.0 Å². The standard InChI is InChI=1S/C24H30N2O2/c27-24(26-14-6-1-7-15-26)19-28-23-11-5-4-10-22(23)18-25-16-12-20-8-2-3-9-21(20)13-17-25/h2-5,8-11H,1,6-7,12-19H2. The fourth-order valence-electron chi connectivity index (χ4n) is 4.26. The first kappa shape index (κ1) is 19.0. The van der Waals surface area contributed by atoms with Crippen LogP contribution in [0.15, 0.2) is 48.5 Å². The van der Waals surface area contributed by atoms with Crippen LogP contribution in [0.1, 0.15) is 36.0 Å². The Kier molecular flexibility index (Phi) is 6.27. The molecule has 4 rings (SSSR count). The highest BCUT2D eigenvalue weighted by molar-refractivity contribution is 5.77. The van der Waals surface area contributed by atoms with Crippen molar-refractivity contribution in [3.8, 4) is 5.75 Å². The monoisotopic (exact) mass is 378 g/mol. The molecule has 4 heteroatoms.